The van der Waals surface area contributed by atoms with Gasteiger partial charge in [0, 0.05) is 6.42 Å². The van der Waals surface area contributed by atoms with Gasteiger partial charge in [0.25, 0.3) is 0 Å². The number of carbonyl (C=O) groups is 2. The molecule has 5 nitrogen and oxygen atoms in total. The van der Waals surface area contributed by atoms with Crippen LogP contribution in [0.5, 0.6) is 5.75 Å². The van der Waals surface area contributed by atoms with Crippen molar-refractivity contribution in [3.8, 4) is 5.75 Å². The number of esters is 1. The van der Waals surface area contributed by atoms with Crippen LogP contribution >= 0.6 is 0 Å². The number of rotatable bonds is 6. The van der Waals surface area contributed by atoms with Gasteiger partial charge < -0.3 is 14.8 Å². The summed E-state index contributed by atoms with van der Waals surface area (Å²) in [4.78, 5) is 24.2. The van der Waals surface area contributed by atoms with Crippen molar-refractivity contribution in [2.75, 3.05) is 19.5 Å². The molecule has 0 fully saturated rings. The zero-order chi connectivity index (χ0) is 18.4. The highest BCUT2D eigenvalue weighted by molar-refractivity contribution is 6.01. The molecule has 132 valence electrons. The Bertz CT molecular complexity index is 783. The summed E-state index contributed by atoms with van der Waals surface area (Å²) in [6.07, 6.45) is 0.970. The molecule has 0 aromatic heterocycles. The fraction of sp³-hybridized carbons (Fsp3) is 0.300. The largest absolute Gasteiger partial charge is 0.497 e. The summed E-state index contributed by atoms with van der Waals surface area (Å²) >= 11 is 0. The molecule has 1 amide bonds. The van der Waals surface area contributed by atoms with Gasteiger partial charge in [0.05, 0.1) is 25.5 Å². The summed E-state index contributed by atoms with van der Waals surface area (Å²) in [6, 6.07) is 11.1. The van der Waals surface area contributed by atoms with Crippen molar-refractivity contribution in [3.05, 3.63) is 58.7 Å². The highest BCUT2D eigenvalue weighted by Crippen LogP contribution is 2.23. The van der Waals surface area contributed by atoms with Gasteiger partial charge in [0.1, 0.15) is 5.75 Å². The minimum absolute atomic E-state index is 0.157. The van der Waals surface area contributed by atoms with E-state index in [0.717, 1.165) is 5.56 Å². The molecule has 0 aliphatic rings. The van der Waals surface area contributed by atoms with Gasteiger partial charge in [-0.05, 0) is 49.6 Å². The van der Waals surface area contributed by atoms with E-state index in [1.165, 1.54) is 25.3 Å². The normalized spacial score (nSPS) is 10.2. The van der Waals surface area contributed by atoms with E-state index in [1.54, 1.807) is 18.2 Å². The quantitative estimate of drug-likeness (QED) is 0.814. The van der Waals surface area contributed by atoms with Crippen LogP contribution in [0.15, 0.2) is 36.4 Å². The maximum Gasteiger partial charge on any atom is 0.340 e. The van der Waals surface area contributed by atoms with Crippen molar-refractivity contribution in [1.29, 1.82) is 0 Å². The Balaban J connectivity index is 2.08. The number of aryl methyl sites for hydroxylation is 3. The van der Waals surface area contributed by atoms with Gasteiger partial charge in [0.2, 0.25) is 5.91 Å². The van der Waals surface area contributed by atoms with Crippen molar-refractivity contribution in [3.63, 3.8) is 0 Å². The SMILES string of the molecule is COC(=O)c1cc(OC)ccc1NC(=O)CCc1ccc(C)cc1C. The molecule has 0 heterocycles. The van der Waals surface area contributed by atoms with Crippen LogP contribution in [0.2, 0.25) is 0 Å². The minimum Gasteiger partial charge on any atom is -0.497 e. The second-order valence-electron chi connectivity index (χ2n) is 5.88. The van der Waals surface area contributed by atoms with Crippen LogP contribution in [-0.4, -0.2) is 26.1 Å². The van der Waals surface area contributed by atoms with Gasteiger partial charge in [-0.3, -0.25) is 4.79 Å². The molecule has 1 N–H and O–H groups in total. The lowest BCUT2D eigenvalue weighted by atomic mass is 10.0. The third kappa shape index (κ3) is 4.83. The summed E-state index contributed by atoms with van der Waals surface area (Å²) in [5, 5.41) is 2.78. The van der Waals surface area contributed by atoms with Crippen LogP contribution in [0.25, 0.3) is 0 Å². The third-order valence-electron chi connectivity index (χ3n) is 4.03. The lowest BCUT2D eigenvalue weighted by Crippen LogP contribution is -2.16. The molecule has 0 aliphatic carbocycles. The Morgan fingerprint density at radius 1 is 1.04 bits per heavy atom. The maximum absolute atomic E-state index is 12.3. The predicted octanol–water partition coefficient (Wildman–Crippen LogP) is 3.67. The molecule has 2 aromatic carbocycles. The Labute approximate surface area is 148 Å². The average Bonchev–Trinajstić information content (AvgIpc) is 2.60. The molecule has 0 saturated carbocycles. The lowest BCUT2D eigenvalue weighted by molar-refractivity contribution is -0.116. The van der Waals surface area contributed by atoms with Crippen LogP contribution in [0.1, 0.15) is 33.5 Å². The van der Waals surface area contributed by atoms with Crippen molar-refractivity contribution in [2.45, 2.75) is 26.7 Å². The van der Waals surface area contributed by atoms with Crippen molar-refractivity contribution >= 4 is 17.6 Å². The van der Waals surface area contributed by atoms with Crippen LogP contribution in [-0.2, 0) is 16.0 Å². The van der Waals surface area contributed by atoms with E-state index in [0.29, 0.717) is 24.3 Å². The predicted molar refractivity (Wildman–Crippen MR) is 97.2 cm³/mol. The van der Waals surface area contributed by atoms with Crippen LogP contribution in [0, 0.1) is 13.8 Å². The highest BCUT2D eigenvalue weighted by Gasteiger charge is 2.15. The summed E-state index contributed by atoms with van der Waals surface area (Å²) in [6.45, 7) is 4.08. The van der Waals surface area contributed by atoms with E-state index in [2.05, 4.69) is 11.4 Å². The Morgan fingerprint density at radius 3 is 2.44 bits per heavy atom. The van der Waals surface area contributed by atoms with Gasteiger partial charge in [-0.1, -0.05) is 23.8 Å². The molecule has 0 atom stereocenters. The molecule has 0 radical (unpaired) electrons. The first-order valence-electron chi connectivity index (χ1n) is 8.07. The number of anilines is 1. The molecule has 5 heteroatoms. The number of amides is 1. The van der Waals surface area contributed by atoms with Crippen molar-refractivity contribution < 1.29 is 19.1 Å². The van der Waals surface area contributed by atoms with Crippen LogP contribution < -0.4 is 10.1 Å². The minimum atomic E-state index is -0.524. The van der Waals surface area contributed by atoms with E-state index < -0.39 is 5.97 Å². The zero-order valence-electron chi connectivity index (χ0n) is 15.0. The van der Waals surface area contributed by atoms with Crippen molar-refractivity contribution in [1.82, 2.24) is 0 Å². The fourth-order valence-electron chi connectivity index (χ4n) is 2.63. The fourth-order valence-corrected chi connectivity index (χ4v) is 2.63. The van der Waals surface area contributed by atoms with E-state index >= 15 is 0 Å². The number of ether oxygens (including phenoxy) is 2. The van der Waals surface area contributed by atoms with Crippen LogP contribution in [0.3, 0.4) is 0 Å². The number of methoxy groups -OCH3 is 2. The van der Waals surface area contributed by atoms with E-state index in [4.69, 9.17) is 9.47 Å². The number of nitrogens with one attached hydrogen (secondary N) is 1. The molecule has 0 spiro atoms. The van der Waals surface area contributed by atoms with Gasteiger partial charge in [-0.25, -0.2) is 4.79 Å². The molecule has 0 aliphatic heterocycles. The number of carbonyl (C=O) groups excluding carboxylic acids is 2. The highest BCUT2D eigenvalue weighted by atomic mass is 16.5. The summed E-state index contributed by atoms with van der Waals surface area (Å²) in [7, 11) is 2.81. The first-order valence-corrected chi connectivity index (χ1v) is 8.07. The molecular weight excluding hydrogens is 318 g/mol. The van der Waals surface area contributed by atoms with Gasteiger partial charge in [0.15, 0.2) is 0 Å². The van der Waals surface area contributed by atoms with Crippen molar-refractivity contribution in [2.24, 2.45) is 0 Å². The second-order valence-corrected chi connectivity index (χ2v) is 5.88. The molecule has 0 saturated heterocycles. The van der Waals surface area contributed by atoms with E-state index in [-0.39, 0.29) is 11.5 Å². The number of hydrogen-bond acceptors (Lipinski definition) is 4. The van der Waals surface area contributed by atoms with Gasteiger partial charge in [-0.15, -0.1) is 0 Å². The van der Waals surface area contributed by atoms with E-state index in [1.807, 2.05) is 26.0 Å². The maximum atomic E-state index is 12.3. The molecule has 0 unspecified atom stereocenters. The number of hydrogen-bond donors (Lipinski definition) is 1. The first-order chi connectivity index (χ1) is 11.9. The molecule has 25 heavy (non-hydrogen) atoms. The van der Waals surface area contributed by atoms with Gasteiger partial charge >= 0.3 is 5.97 Å². The first kappa shape index (κ1) is 18.5. The average molecular weight is 341 g/mol. The standard InChI is InChI=1S/C20H23NO4/c1-13-5-6-15(14(2)11-13)7-10-19(22)21-18-9-8-16(24-3)12-17(18)20(23)25-4/h5-6,8-9,11-12H,7,10H2,1-4H3,(H,21,22). The molecule has 2 aromatic rings. The topological polar surface area (TPSA) is 64.6 Å². The third-order valence-corrected chi connectivity index (χ3v) is 4.03. The smallest absolute Gasteiger partial charge is 0.340 e. The van der Waals surface area contributed by atoms with Gasteiger partial charge in [-0.2, -0.15) is 0 Å². The summed E-state index contributed by atoms with van der Waals surface area (Å²) < 4.78 is 9.89. The van der Waals surface area contributed by atoms with E-state index in [9.17, 15) is 9.59 Å². The molecule has 0 bridgehead atoms. The number of benzene rings is 2. The summed E-state index contributed by atoms with van der Waals surface area (Å²) in [5.74, 6) is -0.160. The molecular formula is C20H23NO4. The summed E-state index contributed by atoms with van der Waals surface area (Å²) in [5.41, 5.74) is 4.20. The molecule has 2 rings (SSSR count). The Kier molecular flexibility index (Phi) is 6.17. The Hall–Kier alpha value is -2.82. The van der Waals surface area contributed by atoms with Crippen LogP contribution in [0.4, 0.5) is 5.69 Å². The monoisotopic (exact) mass is 341 g/mol. The Morgan fingerprint density at radius 2 is 1.80 bits per heavy atom. The lowest BCUT2D eigenvalue weighted by Gasteiger charge is -2.12. The zero-order valence-corrected chi connectivity index (χ0v) is 15.0. The second kappa shape index (κ2) is 8.33.